The zero-order chi connectivity index (χ0) is 11.7. The molecule has 2 aromatic rings. The van der Waals surface area contributed by atoms with Gasteiger partial charge in [0.2, 0.25) is 0 Å². The van der Waals surface area contributed by atoms with Crippen molar-refractivity contribution in [3.8, 4) is 0 Å². The van der Waals surface area contributed by atoms with Crippen LogP contribution in [0.3, 0.4) is 0 Å². The van der Waals surface area contributed by atoms with Crippen LogP contribution in [0.15, 0.2) is 18.5 Å². The lowest BCUT2D eigenvalue weighted by Gasteiger charge is -2.23. The molecule has 0 saturated heterocycles. The average Bonchev–Trinajstić information content (AvgIpc) is 2.93. The van der Waals surface area contributed by atoms with E-state index in [-0.39, 0.29) is 0 Å². The van der Waals surface area contributed by atoms with E-state index in [1.165, 1.54) is 29.7 Å². The molecule has 3 rings (SSSR count). The Labute approximate surface area is 109 Å². The normalized spacial score (nSPS) is 19.2. The van der Waals surface area contributed by atoms with Crippen LogP contribution >= 0.6 is 22.9 Å². The molecule has 90 valence electrons. The van der Waals surface area contributed by atoms with E-state index in [1.807, 2.05) is 6.20 Å². The van der Waals surface area contributed by atoms with E-state index in [2.05, 4.69) is 21.4 Å². The van der Waals surface area contributed by atoms with Crippen LogP contribution in [0, 0.1) is 0 Å². The van der Waals surface area contributed by atoms with Gasteiger partial charge in [-0.25, -0.2) is 4.98 Å². The molecule has 1 atom stereocenters. The first-order valence-corrected chi connectivity index (χ1v) is 7.02. The van der Waals surface area contributed by atoms with Crippen LogP contribution in [0.25, 0.3) is 0 Å². The van der Waals surface area contributed by atoms with Gasteiger partial charge < -0.3 is 10.3 Å². The summed E-state index contributed by atoms with van der Waals surface area (Å²) in [5.74, 6) is 0.985. The number of fused-ring (bicyclic) bond motifs is 1. The molecule has 2 heterocycles. The van der Waals surface area contributed by atoms with Crippen LogP contribution in [0.2, 0.25) is 4.34 Å². The van der Waals surface area contributed by atoms with Crippen molar-refractivity contribution in [2.75, 3.05) is 0 Å². The number of thiophene rings is 1. The van der Waals surface area contributed by atoms with Gasteiger partial charge in [-0.15, -0.1) is 11.3 Å². The van der Waals surface area contributed by atoms with Crippen LogP contribution < -0.4 is 5.32 Å². The molecule has 0 amide bonds. The molecule has 2 N–H and O–H groups in total. The number of aromatic nitrogens is 2. The zero-order valence-corrected chi connectivity index (χ0v) is 10.9. The zero-order valence-electron chi connectivity index (χ0n) is 9.37. The van der Waals surface area contributed by atoms with Crippen molar-refractivity contribution in [2.24, 2.45) is 0 Å². The lowest BCUT2D eigenvalue weighted by Crippen LogP contribution is -2.24. The van der Waals surface area contributed by atoms with E-state index in [1.54, 1.807) is 17.5 Å². The maximum atomic E-state index is 6.09. The fraction of sp³-hybridized carbons (Fsp3) is 0.417. The fourth-order valence-corrected chi connectivity index (χ4v) is 3.73. The predicted octanol–water partition coefficient (Wildman–Crippen LogP) is 3.29. The number of nitrogens with one attached hydrogen (secondary N) is 2. The van der Waals surface area contributed by atoms with Gasteiger partial charge in [0.1, 0.15) is 5.82 Å². The Hall–Kier alpha value is -0.840. The highest BCUT2D eigenvalue weighted by Crippen LogP contribution is 2.37. The molecule has 0 saturated carbocycles. The monoisotopic (exact) mass is 267 g/mol. The molecular formula is C12H14ClN3S. The summed E-state index contributed by atoms with van der Waals surface area (Å²) in [6.07, 6.45) is 7.22. The average molecular weight is 268 g/mol. The number of nitrogens with zero attached hydrogens (tertiary/aromatic N) is 1. The second-order valence-corrected chi connectivity index (χ2v) is 6.06. The Balaban J connectivity index is 1.72. The van der Waals surface area contributed by atoms with E-state index in [9.17, 15) is 0 Å². The van der Waals surface area contributed by atoms with Crippen LogP contribution in [0.4, 0.5) is 0 Å². The van der Waals surface area contributed by atoms with Crippen molar-refractivity contribution >= 4 is 22.9 Å². The molecule has 0 aliphatic heterocycles. The maximum absolute atomic E-state index is 6.09. The third-order valence-corrected chi connectivity index (χ3v) is 4.49. The Morgan fingerprint density at radius 1 is 1.59 bits per heavy atom. The topological polar surface area (TPSA) is 40.7 Å². The highest BCUT2D eigenvalue weighted by molar-refractivity contribution is 7.16. The molecule has 3 nitrogen and oxygen atoms in total. The van der Waals surface area contributed by atoms with Gasteiger partial charge in [-0.05, 0) is 30.9 Å². The van der Waals surface area contributed by atoms with E-state index in [0.29, 0.717) is 6.04 Å². The van der Waals surface area contributed by atoms with Gasteiger partial charge in [-0.1, -0.05) is 11.6 Å². The van der Waals surface area contributed by atoms with Gasteiger partial charge >= 0.3 is 0 Å². The van der Waals surface area contributed by atoms with Gasteiger partial charge in [-0.2, -0.15) is 0 Å². The van der Waals surface area contributed by atoms with Gasteiger partial charge in [0, 0.05) is 23.3 Å². The summed E-state index contributed by atoms with van der Waals surface area (Å²) in [7, 11) is 0. The number of aromatic amines is 1. The van der Waals surface area contributed by atoms with Gasteiger partial charge in [-0.3, -0.25) is 0 Å². The predicted molar refractivity (Wildman–Crippen MR) is 70.4 cm³/mol. The molecule has 0 aromatic carbocycles. The Morgan fingerprint density at radius 2 is 2.53 bits per heavy atom. The van der Waals surface area contributed by atoms with Crippen molar-refractivity contribution in [2.45, 2.75) is 31.8 Å². The number of imidazole rings is 1. The van der Waals surface area contributed by atoms with Crippen molar-refractivity contribution in [1.29, 1.82) is 0 Å². The van der Waals surface area contributed by atoms with Gasteiger partial charge in [0.05, 0.1) is 10.9 Å². The molecule has 2 aromatic heterocycles. The van der Waals surface area contributed by atoms with E-state index < -0.39 is 0 Å². The molecule has 1 unspecified atom stereocenters. The molecule has 0 fully saturated rings. The minimum Gasteiger partial charge on any atom is -0.348 e. The molecule has 0 spiro atoms. The Morgan fingerprint density at radius 3 is 3.35 bits per heavy atom. The summed E-state index contributed by atoms with van der Waals surface area (Å²) in [5.41, 5.74) is 1.39. The van der Waals surface area contributed by atoms with Gasteiger partial charge in [0.25, 0.3) is 0 Å². The molecule has 1 aliphatic carbocycles. The highest BCUT2D eigenvalue weighted by Gasteiger charge is 2.22. The largest absolute Gasteiger partial charge is 0.348 e. The number of hydrogen-bond acceptors (Lipinski definition) is 3. The minimum atomic E-state index is 0.424. The van der Waals surface area contributed by atoms with Crippen LogP contribution in [-0.2, 0) is 13.0 Å². The maximum Gasteiger partial charge on any atom is 0.120 e. The number of aryl methyl sites for hydroxylation is 1. The molecule has 0 bridgehead atoms. The Bertz CT molecular complexity index is 492. The number of rotatable bonds is 3. The van der Waals surface area contributed by atoms with E-state index in [4.69, 9.17) is 11.6 Å². The Kier molecular flexibility index (Phi) is 3.18. The lowest BCUT2D eigenvalue weighted by atomic mass is 9.94. The third-order valence-electron chi connectivity index (χ3n) is 3.15. The lowest BCUT2D eigenvalue weighted by molar-refractivity contribution is 0.457. The summed E-state index contributed by atoms with van der Waals surface area (Å²) in [6, 6.07) is 2.54. The second-order valence-electron chi connectivity index (χ2n) is 4.29. The van der Waals surface area contributed by atoms with Crippen LogP contribution in [0.1, 0.15) is 35.1 Å². The first-order valence-electron chi connectivity index (χ1n) is 5.82. The summed E-state index contributed by atoms with van der Waals surface area (Å²) < 4.78 is 0.904. The van der Waals surface area contributed by atoms with E-state index >= 15 is 0 Å². The standard InChI is InChI=1S/C12H14ClN3S/c13-11-6-8-9(2-1-3-10(8)17-11)16-7-12-14-4-5-15-12/h4-6,9,16H,1-3,7H2,(H,14,15). The van der Waals surface area contributed by atoms with Crippen LogP contribution in [-0.4, -0.2) is 9.97 Å². The second kappa shape index (κ2) is 4.80. The highest BCUT2D eigenvalue weighted by atomic mass is 35.5. The van der Waals surface area contributed by atoms with E-state index in [0.717, 1.165) is 16.7 Å². The van der Waals surface area contributed by atoms with Crippen LogP contribution in [0.5, 0.6) is 0 Å². The molecule has 0 radical (unpaired) electrons. The summed E-state index contributed by atoms with van der Waals surface area (Å²) >= 11 is 7.81. The quantitative estimate of drug-likeness (QED) is 0.896. The molecule has 17 heavy (non-hydrogen) atoms. The molecular weight excluding hydrogens is 254 g/mol. The number of hydrogen-bond donors (Lipinski definition) is 2. The first kappa shape index (κ1) is 11.3. The fourth-order valence-electron chi connectivity index (χ4n) is 2.35. The molecule has 5 heteroatoms. The number of halogens is 1. The van der Waals surface area contributed by atoms with Crippen molar-refractivity contribution < 1.29 is 0 Å². The minimum absolute atomic E-state index is 0.424. The number of H-pyrrole nitrogens is 1. The van der Waals surface area contributed by atoms with Crippen molar-refractivity contribution in [3.63, 3.8) is 0 Å². The summed E-state index contributed by atoms with van der Waals surface area (Å²) in [6.45, 7) is 0.782. The SMILES string of the molecule is Clc1cc2c(s1)CCCC2NCc1ncc[nH]1. The van der Waals surface area contributed by atoms with Crippen molar-refractivity contribution in [1.82, 2.24) is 15.3 Å². The smallest absolute Gasteiger partial charge is 0.120 e. The molecule has 1 aliphatic rings. The van der Waals surface area contributed by atoms with Gasteiger partial charge in [0.15, 0.2) is 0 Å². The first-order chi connectivity index (χ1) is 8.33. The third kappa shape index (κ3) is 2.39. The summed E-state index contributed by atoms with van der Waals surface area (Å²) in [5, 5.41) is 3.55. The summed E-state index contributed by atoms with van der Waals surface area (Å²) in [4.78, 5) is 8.77. The van der Waals surface area contributed by atoms with Crippen molar-refractivity contribution in [3.05, 3.63) is 39.1 Å².